The van der Waals surface area contributed by atoms with Crippen molar-refractivity contribution in [1.82, 2.24) is 14.7 Å². The van der Waals surface area contributed by atoms with Gasteiger partial charge in [-0.25, -0.2) is 4.79 Å². The fourth-order valence-electron chi connectivity index (χ4n) is 2.11. The van der Waals surface area contributed by atoms with E-state index in [1.54, 1.807) is 28.8 Å². The highest BCUT2D eigenvalue weighted by molar-refractivity contribution is 5.82. The fraction of sp³-hybridized carbons (Fsp3) is 0.846. The van der Waals surface area contributed by atoms with Crippen molar-refractivity contribution in [3.63, 3.8) is 0 Å². The molecule has 3 amide bonds. The Morgan fingerprint density at radius 3 is 2.05 bits per heavy atom. The summed E-state index contributed by atoms with van der Waals surface area (Å²) in [6.45, 7) is 6.33. The summed E-state index contributed by atoms with van der Waals surface area (Å²) in [6.07, 6.45) is 0.895. The molecule has 2 atom stereocenters. The molecule has 0 bridgehead atoms. The number of carbonyl (C=O) groups is 2. The Labute approximate surface area is 115 Å². The lowest BCUT2D eigenvalue weighted by Gasteiger charge is -2.37. The maximum Gasteiger partial charge on any atom is 0.319 e. The quantitative estimate of drug-likeness (QED) is 0.795. The molecule has 1 rings (SSSR count). The second kappa shape index (κ2) is 6.75. The van der Waals surface area contributed by atoms with Crippen molar-refractivity contribution in [2.24, 2.45) is 11.7 Å². The molecule has 1 aliphatic rings. The molecule has 0 aromatic rings. The molecule has 0 aliphatic carbocycles. The van der Waals surface area contributed by atoms with Crippen LogP contribution in [0.15, 0.2) is 0 Å². The van der Waals surface area contributed by atoms with E-state index in [9.17, 15) is 9.59 Å². The van der Waals surface area contributed by atoms with E-state index in [2.05, 4.69) is 0 Å². The van der Waals surface area contributed by atoms with Gasteiger partial charge in [-0.2, -0.15) is 0 Å². The summed E-state index contributed by atoms with van der Waals surface area (Å²) in [6, 6.07) is -0.431. The first-order valence-electron chi connectivity index (χ1n) is 6.89. The third kappa shape index (κ3) is 3.83. The molecule has 0 aromatic heterocycles. The topological polar surface area (TPSA) is 69.9 Å². The summed E-state index contributed by atoms with van der Waals surface area (Å²) < 4.78 is 0. The lowest BCUT2D eigenvalue weighted by atomic mass is 9.98. The SMILES string of the molecule is CC[C@H](C)[C@H](N)C(=O)N1CCN(C(=O)N(C)C)CC1. The number of hydrogen-bond donors (Lipinski definition) is 1. The summed E-state index contributed by atoms with van der Waals surface area (Å²) in [5.74, 6) is 0.195. The molecule has 1 heterocycles. The van der Waals surface area contributed by atoms with Crippen LogP contribution in [-0.2, 0) is 4.79 Å². The number of hydrogen-bond acceptors (Lipinski definition) is 3. The van der Waals surface area contributed by atoms with Crippen LogP contribution >= 0.6 is 0 Å². The van der Waals surface area contributed by atoms with E-state index >= 15 is 0 Å². The van der Waals surface area contributed by atoms with Crippen molar-refractivity contribution in [2.75, 3.05) is 40.3 Å². The van der Waals surface area contributed by atoms with Gasteiger partial charge in [0.2, 0.25) is 5.91 Å². The van der Waals surface area contributed by atoms with Crippen molar-refractivity contribution in [1.29, 1.82) is 0 Å². The van der Waals surface area contributed by atoms with Crippen LogP contribution in [0.5, 0.6) is 0 Å². The van der Waals surface area contributed by atoms with Gasteiger partial charge in [0.25, 0.3) is 0 Å². The lowest BCUT2D eigenvalue weighted by Crippen LogP contribution is -2.56. The zero-order valence-electron chi connectivity index (χ0n) is 12.4. The fourth-order valence-corrected chi connectivity index (χ4v) is 2.11. The summed E-state index contributed by atoms with van der Waals surface area (Å²) in [5, 5.41) is 0. The molecule has 110 valence electrons. The van der Waals surface area contributed by atoms with Gasteiger partial charge in [-0.05, 0) is 5.92 Å². The molecule has 0 radical (unpaired) electrons. The molecule has 1 aliphatic heterocycles. The molecule has 19 heavy (non-hydrogen) atoms. The van der Waals surface area contributed by atoms with Crippen molar-refractivity contribution in [3.05, 3.63) is 0 Å². The molecule has 6 nitrogen and oxygen atoms in total. The summed E-state index contributed by atoms with van der Waals surface area (Å²) in [7, 11) is 3.47. The maximum absolute atomic E-state index is 12.2. The minimum atomic E-state index is -0.430. The average molecular weight is 270 g/mol. The third-order valence-electron chi connectivity index (χ3n) is 3.79. The molecule has 0 spiro atoms. The van der Waals surface area contributed by atoms with Gasteiger partial charge >= 0.3 is 6.03 Å². The second-order valence-electron chi connectivity index (χ2n) is 5.40. The first-order chi connectivity index (χ1) is 8.88. The monoisotopic (exact) mass is 270 g/mol. The van der Waals surface area contributed by atoms with E-state index in [0.717, 1.165) is 6.42 Å². The summed E-state index contributed by atoms with van der Waals surface area (Å²) >= 11 is 0. The van der Waals surface area contributed by atoms with Crippen LogP contribution in [0.2, 0.25) is 0 Å². The number of rotatable bonds is 3. The Bertz CT molecular complexity index is 325. The maximum atomic E-state index is 12.2. The lowest BCUT2D eigenvalue weighted by molar-refractivity contribution is -0.135. The van der Waals surface area contributed by atoms with Crippen molar-refractivity contribution in [2.45, 2.75) is 26.3 Å². The number of amides is 3. The minimum Gasteiger partial charge on any atom is -0.338 e. The van der Waals surface area contributed by atoms with E-state index in [-0.39, 0.29) is 17.9 Å². The minimum absolute atomic E-state index is 0.00155. The Morgan fingerprint density at radius 2 is 1.63 bits per heavy atom. The highest BCUT2D eigenvalue weighted by Gasteiger charge is 2.29. The van der Waals surface area contributed by atoms with E-state index in [1.165, 1.54) is 0 Å². The van der Waals surface area contributed by atoms with Gasteiger partial charge in [0.15, 0.2) is 0 Å². The Balaban J connectivity index is 2.50. The molecule has 0 unspecified atom stereocenters. The smallest absolute Gasteiger partial charge is 0.319 e. The van der Waals surface area contributed by atoms with Crippen LogP contribution in [0, 0.1) is 5.92 Å². The average Bonchev–Trinajstić information content (AvgIpc) is 2.44. The molecule has 1 saturated heterocycles. The zero-order valence-corrected chi connectivity index (χ0v) is 12.4. The Hall–Kier alpha value is -1.30. The first kappa shape index (κ1) is 15.8. The highest BCUT2D eigenvalue weighted by Crippen LogP contribution is 2.11. The summed E-state index contributed by atoms with van der Waals surface area (Å²) in [5.41, 5.74) is 5.96. The normalized spacial score (nSPS) is 19.0. The van der Waals surface area contributed by atoms with Gasteiger partial charge in [0.1, 0.15) is 0 Å². The molecule has 2 N–H and O–H groups in total. The Morgan fingerprint density at radius 1 is 1.16 bits per heavy atom. The van der Waals surface area contributed by atoms with E-state index in [4.69, 9.17) is 5.73 Å². The number of carbonyl (C=O) groups excluding carboxylic acids is 2. The largest absolute Gasteiger partial charge is 0.338 e. The molecular weight excluding hydrogens is 244 g/mol. The first-order valence-corrected chi connectivity index (χ1v) is 6.89. The zero-order chi connectivity index (χ0) is 14.6. The van der Waals surface area contributed by atoms with Crippen LogP contribution < -0.4 is 5.73 Å². The van der Waals surface area contributed by atoms with Gasteiger partial charge in [-0.3, -0.25) is 4.79 Å². The van der Waals surface area contributed by atoms with E-state index < -0.39 is 6.04 Å². The number of nitrogens with two attached hydrogens (primary N) is 1. The molecular formula is C13H26N4O2. The van der Waals surface area contributed by atoms with Crippen LogP contribution in [0.25, 0.3) is 0 Å². The van der Waals surface area contributed by atoms with Crippen LogP contribution in [-0.4, -0.2) is 73.0 Å². The van der Waals surface area contributed by atoms with Crippen LogP contribution in [0.4, 0.5) is 4.79 Å². The predicted molar refractivity (Wildman–Crippen MR) is 74.7 cm³/mol. The number of nitrogens with zero attached hydrogens (tertiary/aromatic N) is 3. The molecule has 1 fully saturated rings. The van der Waals surface area contributed by atoms with Gasteiger partial charge in [0, 0.05) is 40.3 Å². The summed E-state index contributed by atoms with van der Waals surface area (Å²) in [4.78, 5) is 29.1. The van der Waals surface area contributed by atoms with Gasteiger partial charge in [-0.15, -0.1) is 0 Å². The molecule has 0 saturated carbocycles. The molecule has 6 heteroatoms. The van der Waals surface area contributed by atoms with Gasteiger partial charge in [-0.1, -0.05) is 20.3 Å². The van der Waals surface area contributed by atoms with Crippen molar-refractivity contribution < 1.29 is 9.59 Å². The number of urea groups is 1. The van der Waals surface area contributed by atoms with Crippen molar-refractivity contribution in [3.8, 4) is 0 Å². The van der Waals surface area contributed by atoms with E-state index in [0.29, 0.717) is 26.2 Å². The Kier molecular flexibility index (Phi) is 5.60. The van der Waals surface area contributed by atoms with Gasteiger partial charge < -0.3 is 20.4 Å². The highest BCUT2D eigenvalue weighted by atomic mass is 16.2. The third-order valence-corrected chi connectivity index (χ3v) is 3.79. The van der Waals surface area contributed by atoms with Gasteiger partial charge in [0.05, 0.1) is 6.04 Å². The molecule has 0 aromatic carbocycles. The predicted octanol–water partition coefficient (Wildman–Crippen LogP) is 0.186. The second-order valence-corrected chi connectivity index (χ2v) is 5.40. The van der Waals surface area contributed by atoms with Crippen molar-refractivity contribution >= 4 is 11.9 Å². The van der Waals surface area contributed by atoms with E-state index in [1.807, 2.05) is 13.8 Å². The van der Waals surface area contributed by atoms with Crippen LogP contribution in [0.1, 0.15) is 20.3 Å². The van der Waals surface area contributed by atoms with Crippen LogP contribution in [0.3, 0.4) is 0 Å². The number of piperazine rings is 1. The standard InChI is InChI=1S/C13H26N4O2/c1-5-10(2)11(14)12(18)16-6-8-17(9-7-16)13(19)15(3)4/h10-11H,5-9,14H2,1-4H3/t10-,11-/m0/s1.